The molecule has 0 unspecified atom stereocenters. The van der Waals surface area contributed by atoms with Crippen LogP contribution in [0.1, 0.15) is 43.1 Å². The molecule has 6 nitrogen and oxygen atoms in total. The molecule has 1 aromatic carbocycles. The van der Waals surface area contributed by atoms with Crippen molar-refractivity contribution in [2.75, 3.05) is 24.7 Å². The van der Waals surface area contributed by atoms with E-state index in [4.69, 9.17) is 9.47 Å². The van der Waals surface area contributed by atoms with Crippen LogP contribution in [0.4, 0.5) is 5.69 Å². The number of ether oxygens (including phenoxy) is 2. The van der Waals surface area contributed by atoms with Crippen molar-refractivity contribution in [2.45, 2.75) is 34.1 Å². The normalized spacial score (nSPS) is 10.4. The zero-order valence-corrected chi connectivity index (χ0v) is 15.3. The first-order chi connectivity index (χ1) is 12.1. The minimum Gasteiger partial charge on any atom is -0.476 e. The van der Waals surface area contributed by atoms with Crippen molar-refractivity contribution in [3.8, 4) is 11.8 Å². The molecule has 0 atom stereocenters. The molecule has 0 N–H and O–H groups in total. The van der Waals surface area contributed by atoms with Crippen molar-refractivity contribution in [2.24, 2.45) is 0 Å². The first kappa shape index (κ1) is 18.7. The molecule has 1 amide bonds. The fourth-order valence-electron chi connectivity index (χ4n) is 2.45. The second-order valence-electron chi connectivity index (χ2n) is 5.52. The Bertz CT molecular complexity index is 677. The summed E-state index contributed by atoms with van der Waals surface area (Å²) >= 11 is 0. The molecule has 134 valence electrons. The third kappa shape index (κ3) is 4.47. The molecule has 0 saturated carbocycles. The van der Waals surface area contributed by atoms with Gasteiger partial charge < -0.3 is 9.47 Å². The lowest BCUT2D eigenvalue weighted by Crippen LogP contribution is -2.33. The van der Waals surface area contributed by atoms with E-state index in [-0.39, 0.29) is 5.91 Å². The number of hydrogen-bond donors (Lipinski definition) is 0. The molecule has 0 aliphatic carbocycles. The van der Waals surface area contributed by atoms with Gasteiger partial charge >= 0.3 is 0 Å². The van der Waals surface area contributed by atoms with E-state index in [1.165, 1.54) is 6.33 Å². The van der Waals surface area contributed by atoms with Crippen molar-refractivity contribution in [3.05, 3.63) is 41.7 Å². The molecule has 0 fully saturated rings. The first-order valence-electron chi connectivity index (χ1n) is 8.61. The third-order valence-corrected chi connectivity index (χ3v) is 3.58. The van der Waals surface area contributed by atoms with Gasteiger partial charge in [0, 0.05) is 12.1 Å². The highest BCUT2D eigenvalue weighted by molar-refractivity contribution is 6.07. The Morgan fingerprint density at radius 1 is 1.00 bits per heavy atom. The van der Waals surface area contributed by atoms with Gasteiger partial charge in [-0.25, -0.2) is 0 Å². The summed E-state index contributed by atoms with van der Waals surface area (Å²) in [7, 11) is 0. The van der Waals surface area contributed by atoms with Crippen molar-refractivity contribution in [1.29, 1.82) is 0 Å². The number of rotatable bonds is 8. The number of aryl methyl sites for hydroxylation is 1. The Labute approximate surface area is 148 Å². The zero-order chi connectivity index (χ0) is 18.2. The number of benzene rings is 1. The molecule has 25 heavy (non-hydrogen) atoms. The number of carbonyl (C=O) groups is 1. The van der Waals surface area contributed by atoms with Gasteiger partial charge in [0.25, 0.3) is 5.91 Å². The molecule has 2 aromatic rings. The summed E-state index contributed by atoms with van der Waals surface area (Å²) in [6.45, 7) is 9.14. The van der Waals surface area contributed by atoms with Gasteiger partial charge in [0.2, 0.25) is 11.8 Å². The number of anilines is 1. The Kier molecular flexibility index (Phi) is 6.74. The van der Waals surface area contributed by atoms with Gasteiger partial charge in [-0.15, -0.1) is 0 Å². The summed E-state index contributed by atoms with van der Waals surface area (Å²) in [4.78, 5) is 23.2. The largest absolute Gasteiger partial charge is 0.476 e. The minimum atomic E-state index is -0.126. The lowest BCUT2D eigenvalue weighted by molar-refractivity contribution is 0.0984. The quantitative estimate of drug-likeness (QED) is 0.732. The molecule has 0 aliphatic rings. The summed E-state index contributed by atoms with van der Waals surface area (Å²) in [6, 6.07) is 7.49. The van der Waals surface area contributed by atoms with Crippen molar-refractivity contribution < 1.29 is 14.3 Å². The molecule has 0 saturated heterocycles. The maximum atomic E-state index is 13.1. The Balaban J connectivity index is 2.51. The van der Waals surface area contributed by atoms with Crippen molar-refractivity contribution in [1.82, 2.24) is 9.97 Å². The van der Waals surface area contributed by atoms with Crippen molar-refractivity contribution in [3.63, 3.8) is 0 Å². The number of carbonyl (C=O) groups excluding carboxylic acids is 1. The van der Waals surface area contributed by atoms with E-state index in [9.17, 15) is 4.79 Å². The van der Waals surface area contributed by atoms with Gasteiger partial charge in [-0.3, -0.25) is 9.69 Å². The topological polar surface area (TPSA) is 64.6 Å². The highest BCUT2D eigenvalue weighted by atomic mass is 16.5. The second kappa shape index (κ2) is 9.01. The van der Waals surface area contributed by atoms with E-state index in [2.05, 4.69) is 9.97 Å². The van der Waals surface area contributed by atoms with Gasteiger partial charge in [-0.1, -0.05) is 24.6 Å². The predicted octanol–water partition coefficient (Wildman–Crippen LogP) is 3.64. The molecule has 1 aromatic heterocycles. The number of amides is 1. The van der Waals surface area contributed by atoms with Gasteiger partial charge in [0.1, 0.15) is 6.33 Å². The number of aromatic nitrogens is 2. The van der Waals surface area contributed by atoms with E-state index in [1.54, 1.807) is 4.90 Å². The van der Waals surface area contributed by atoms with Gasteiger partial charge in [-0.05, 0) is 39.3 Å². The van der Waals surface area contributed by atoms with E-state index in [1.807, 2.05) is 52.0 Å². The monoisotopic (exact) mass is 343 g/mol. The molecular formula is C19H25N3O3. The van der Waals surface area contributed by atoms with Crippen LogP contribution in [0.5, 0.6) is 11.8 Å². The van der Waals surface area contributed by atoms with Crippen molar-refractivity contribution >= 4 is 11.6 Å². The van der Waals surface area contributed by atoms with Crippen LogP contribution >= 0.6 is 0 Å². The Morgan fingerprint density at radius 2 is 1.56 bits per heavy atom. The molecule has 0 spiro atoms. The van der Waals surface area contributed by atoms with Crippen LogP contribution in [0.25, 0.3) is 0 Å². The van der Waals surface area contributed by atoms with Gasteiger partial charge in [0.05, 0.1) is 13.2 Å². The van der Waals surface area contributed by atoms with Crippen LogP contribution in [0.2, 0.25) is 0 Å². The van der Waals surface area contributed by atoms with Crippen LogP contribution in [-0.2, 0) is 0 Å². The summed E-state index contributed by atoms with van der Waals surface area (Å²) in [5.74, 6) is 0.586. The number of nitrogens with zero attached hydrogens (tertiary/aromatic N) is 3. The molecule has 1 heterocycles. The maximum Gasteiger partial charge on any atom is 0.258 e. The van der Waals surface area contributed by atoms with E-state index >= 15 is 0 Å². The van der Waals surface area contributed by atoms with E-state index in [0.717, 1.165) is 12.0 Å². The summed E-state index contributed by atoms with van der Waals surface area (Å²) in [5, 5.41) is 0. The number of hydrogen-bond acceptors (Lipinski definition) is 5. The Morgan fingerprint density at radius 3 is 2.04 bits per heavy atom. The summed E-state index contributed by atoms with van der Waals surface area (Å²) in [6.07, 6.45) is 2.17. The SMILES string of the molecule is CCCN(C(=O)c1ccc(C)cc1)c1c(OCC)ncnc1OCC. The molecular weight excluding hydrogens is 318 g/mol. The fourth-order valence-corrected chi connectivity index (χ4v) is 2.45. The molecule has 0 bridgehead atoms. The highest BCUT2D eigenvalue weighted by Crippen LogP contribution is 2.35. The smallest absolute Gasteiger partial charge is 0.258 e. The predicted molar refractivity (Wildman–Crippen MR) is 97.5 cm³/mol. The van der Waals surface area contributed by atoms with E-state index < -0.39 is 0 Å². The Hall–Kier alpha value is -2.63. The van der Waals surface area contributed by atoms with Crippen LogP contribution in [0.15, 0.2) is 30.6 Å². The van der Waals surface area contributed by atoms with Gasteiger partial charge in [-0.2, -0.15) is 9.97 Å². The summed E-state index contributed by atoms with van der Waals surface area (Å²) in [5.41, 5.74) is 2.19. The lowest BCUT2D eigenvalue weighted by Gasteiger charge is -2.25. The van der Waals surface area contributed by atoms with Crippen LogP contribution in [-0.4, -0.2) is 35.6 Å². The minimum absolute atomic E-state index is 0.126. The van der Waals surface area contributed by atoms with Crippen LogP contribution in [0, 0.1) is 6.92 Å². The third-order valence-electron chi connectivity index (χ3n) is 3.58. The van der Waals surface area contributed by atoms with Crippen LogP contribution < -0.4 is 14.4 Å². The van der Waals surface area contributed by atoms with E-state index in [0.29, 0.717) is 42.8 Å². The average molecular weight is 343 g/mol. The second-order valence-corrected chi connectivity index (χ2v) is 5.52. The lowest BCUT2D eigenvalue weighted by atomic mass is 10.1. The standard InChI is InChI=1S/C19H25N3O3/c1-5-12-22(19(23)15-10-8-14(4)9-11-15)16-17(24-6-2)20-13-21-18(16)25-7-3/h8-11,13H,5-7,12H2,1-4H3. The average Bonchev–Trinajstić information content (AvgIpc) is 2.61. The summed E-state index contributed by atoms with van der Waals surface area (Å²) < 4.78 is 11.3. The molecule has 0 radical (unpaired) electrons. The first-order valence-corrected chi connectivity index (χ1v) is 8.61. The van der Waals surface area contributed by atoms with Gasteiger partial charge in [0.15, 0.2) is 5.69 Å². The highest BCUT2D eigenvalue weighted by Gasteiger charge is 2.26. The molecule has 0 aliphatic heterocycles. The maximum absolute atomic E-state index is 13.1. The molecule has 6 heteroatoms. The zero-order valence-electron chi connectivity index (χ0n) is 15.3. The van der Waals surface area contributed by atoms with Crippen LogP contribution in [0.3, 0.4) is 0 Å². The fraction of sp³-hybridized carbons (Fsp3) is 0.421. The molecule has 2 rings (SSSR count).